The number of sulfone groups is 1. The van der Waals surface area contributed by atoms with Crippen molar-refractivity contribution in [3.05, 3.63) is 46.2 Å². The predicted octanol–water partition coefficient (Wildman–Crippen LogP) is 3.96. The van der Waals surface area contributed by atoms with Crippen LogP contribution in [0.15, 0.2) is 40.6 Å². The van der Waals surface area contributed by atoms with Crippen LogP contribution in [0.5, 0.6) is 0 Å². The molecule has 0 unspecified atom stereocenters. The van der Waals surface area contributed by atoms with Crippen molar-refractivity contribution in [3.8, 4) is 0 Å². The molecule has 0 saturated carbocycles. The number of nitrogens with one attached hydrogen (secondary N) is 1. The summed E-state index contributed by atoms with van der Waals surface area (Å²) in [5.41, 5.74) is -4.37. The second-order valence-electron chi connectivity index (χ2n) is 4.33. The molecule has 1 N–H and O–H groups in total. The summed E-state index contributed by atoms with van der Waals surface area (Å²) in [6.45, 7) is 2.15. The number of para-hydroxylation sites is 1. The fourth-order valence-corrected chi connectivity index (χ4v) is 3.52. The number of benzene rings is 1. The highest BCUT2D eigenvalue weighted by Gasteiger charge is 2.47. The van der Waals surface area contributed by atoms with Gasteiger partial charge >= 0.3 is 5.51 Å². The molecule has 21 heavy (non-hydrogen) atoms. The van der Waals surface area contributed by atoms with Gasteiger partial charge in [-0.2, -0.15) is 13.2 Å². The molecule has 0 saturated heterocycles. The first kappa shape index (κ1) is 15.8. The maximum atomic E-state index is 12.7. The van der Waals surface area contributed by atoms with Crippen molar-refractivity contribution in [2.45, 2.75) is 23.9 Å². The Morgan fingerprint density at radius 1 is 1.19 bits per heavy atom. The summed E-state index contributed by atoms with van der Waals surface area (Å²) >= 11 is 1.45. The number of hydrogen-bond acceptors (Lipinski definition) is 4. The Hall–Kier alpha value is -1.54. The summed E-state index contributed by atoms with van der Waals surface area (Å²) in [5, 5.41) is 4.63. The zero-order valence-electron chi connectivity index (χ0n) is 10.9. The van der Waals surface area contributed by atoms with Gasteiger partial charge in [0, 0.05) is 11.4 Å². The number of anilines is 1. The Balaban J connectivity index is 2.32. The lowest BCUT2D eigenvalue weighted by Crippen LogP contribution is -2.24. The van der Waals surface area contributed by atoms with Crippen LogP contribution >= 0.6 is 11.3 Å². The fraction of sp³-hybridized carbons (Fsp3) is 0.231. The highest BCUT2D eigenvalue weighted by Crippen LogP contribution is 2.34. The zero-order valence-corrected chi connectivity index (χ0v) is 12.6. The van der Waals surface area contributed by atoms with Crippen LogP contribution in [-0.2, 0) is 16.4 Å². The lowest BCUT2D eigenvalue weighted by molar-refractivity contribution is -0.0435. The Kier molecular flexibility index (Phi) is 4.29. The van der Waals surface area contributed by atoms with Gasteiger partial charge in [0.05, 0.1) is 10.6 Å². The molecule has 3 nitrogen and oxygen atoms in total. The molecule has 0 aliphatic heterocycles. The highest BCUT2D eigenvalue weighted by atomic mass is 32.2. The van der Waals surface area contributed by atoms with Gasteiger partial charge in [-0.3, -0.25) is 0 Å². The Morgan fingerprint density at radius 2 is 1.86 bits per heavy atom. The van der Waals surface area contributed by atoms with Crippen LogP contribution in [0.1, 0.15) is 10.4 Å². The summed E-state index contributed by atoms with van der Waals surface area (Å²) in [6, 6.07) is 6.91. The molecule has 0 radical (unpaired) electrons. The van der Waals surface area contributed by atoms with Crippen LogP contribution in [0.3, 0.4) is 0 Å². The van der Waals surface area contributed by atoms with Gasteiger partial charge in [0.1, 0.15) is 0 Å². The predicted molar refractivity (Wildman–Crippen MR) is 76.1 cm³/mol. The highest BCUT2D eigenvalue weighted by molar-refractivity contribution is 7.92. The molecule has 2 rings (SSSR count). The zero-order chi connectivity index (χ0) is 15.7. The first-order valence-electron chi connectivity index (χ1n) is 5.90. The van der Waals surface area contributed by atoms with Crippen LogP contribution in [0, 0.1) is 6.92 Å². The minimum atomic E-state index is -5.37. The Morgan fingerprint density at radius 3 is 2.43 bits per heavy atom. The molecule has 0 aliphatic rings. The normalized spacial score (nSPS) is 12.4. The molecule has 1 heterocycles. The minimum absolute atomic E-state index is 0.0531. The third-order valence-electron chi connectivity index (χ3n) is 2.89. The molecule has 1 aromatic heterocycles. The Bertz CT molecular complexity index is 736. The molecule has 0 atom stereocenters. The Labute approximate surface area is 124 Å². The van der Waals surface area contributed by atoms with Gasteiger partial charge in [-0.15, -0.1) is 11.3 Å². The van der Waals surface area contributed by atoms with Crippen molar-refractivity contribution in [1.29, 1.82) is 0 Å². The number of alkyl halides is 3. The van der Waals surface area contributed by atoms with E-state index in [2.05, 4.69) is 5.32 Å². The van der Waals surface area contributed by atoms with Crippen LogP contribution in [0.4, 0.5) is 18.9 Å². The average molecular weight is 335 g/mol. The monoisotopic (exact) mass is 335 g/mol. The van der Waals surface area contributed by atoms with Gasteiger partial charge in [-0.25, -0.2) is 8.42 Å². The van der Waals surface area contributed by atoms with E-state index < -0.39 is 20.2 Å². The molecule has 0 fully saturated rings. The van der Waals surface area contributed by atoms with E-state index in [4.69, 9.17) is 0 Å². The van der Waals surface area contributed by atoms with Crippen molar-refractivity contribution in [2.24, 2.45) is 0 Å². The second-order valence-corrected chi connectivity index (χ2v) is 7.24. The average Bonchev–Trinajstić information content (AvgIpc) is 2.81. The summed E-state index contributed by atoms with van der Waals surface area (Å²) < 4.78 is 61.1. The van der Waals surface area contributed by atoms with E-state index in [0.29, 0.717) is 0 Å². The first-order chi connectivity index (χ1) is 9.73. The summed E-state index contributed by atoms with van der Waals surface area (Å²) in [4.78, 5) is 0.181. The SMILES string of the molecule is Cc1ccsc1CNc1ccccc1S(=O)(=O)C(F)(F)F. The minimum Gasteiger partial charge on any atom is -0.379 e. The molecule has 1 aromatic carbocycles. The van der Waals surface area contributed by atoms with E-state index in [9.17, 15) is 21.6 Å². The molecule has 0 amide bonds. The number of thiophene rings is 1. The smallest absolute Gasteiger partial charge is 0.379 e. The topological polar surface area (TPSA) is 46.2 Å². The summed E-state index contributed by atoms with van der Waals surface area (Å²) in [6.07, 6.45) is 0. The lowest BCUT2D eigenvalue weighted by atomic mass is 10.2. The van der Waals surface area contributed by atoms with Crippen molar-refractivity contribution >= 4 is 26.9 Å². The van der Waals surface area contributed by atoms with Crippen LogP contribution < -0.4 is 5.32 Å². The number of halogens is 3. The third kappa shape index (κ3) is 3.21. The summed E-state index contributed by atoms with van der Waals surface area (Å²) in [5.74, 6) is 0. The fourth-order valence-electron chi connectivity index (χ4n) is 1.73. The molecule has 0 bridgehead atoms. The number of rotatable bonds is 4. The molecule has 2 aromatic rings. The van der Waals surface area contributed by atoms with Crippen molar-refractivity contribution in [3.63, 3.8) is 0 Å². The summed E-state index contributed by atoms with van der Waals surface area (Å²) in [7, 11) is -5.37. The van der Waals surface area contributed by atoms with Crippen molar-refractivity contribution in [2.75, 3.05) is 5.32 Å². The van der Waals surface area contributed by atoms with Gasteiger partial charge < -0.3 is 5.32 Å². The van der Waals surface area contributed by atoms with E-state index >= 15 is 0 Å². The van der Waals surface area contributed by atoms with Gasteiger partial charge in [-0.1, -0.05) is 12.1 Å². The van der Waals surface area contributed by atoms with E-state index in [1.54, 1.807) is 0 Å². The van der Waals surface area contributed by atoms with E-state index in [1.807, 2.05) is 18.4 Å². The first-order valence-corrected chi connectivity index (χ1v) is 8.27. The van der Waals surface area contributed by atoms with Crippen molar-refractivity contribution < 1.29 is 21.6 Å². The van der Waals surface area contributed by atoms with Crippen LogP contribution in [0.25, 0.3) is 0 Å². The van der Waals surface area contributed by atoms with Crippen LogP contribution in [-0.4, -0.2) is 13.9 Å². The molecule has 8 heteroatoms. The van der Waals surface area contributed by atoms with E-state index in [1.165, 1.54) is 29.5 Å². The number of aryl methyl sites for hydroxylation is 1. The quantitative estimate of drug-likeness (QED) is 0.920. The maximum Gasteiger partial charge on any atom is 0.501 e. The van der Waals surface area contributed by atoms with Gasteiger partial charge in [0.25, 0.3) is 9.84 Å². The van der Waals surface area contributed by atoms with Gasteiger partial charge in [-0.05, 0) is 36.1 Å². The molecular weight excluding hydrogens is 323 g/mol. The largest absolute Gasteiger partial charge is 0.501 e. The van der Waals surface area contributed by atoms with Crippen molar-refractivity contribution in [1.82, 2.24) is 0 Å². The van der Waals surface area contributed by atoms with Gasteiger partial charge in [0.15, 0.2) is 0 Å². The number of hydrogen-bond donors (Lipinski definition) is 1. The van der Waals surface area contributed by atoms with Crippen LogP contribution in [0.2, 0.25) is 0 Å². The molecular formula is C13H12F3NO2S2. The van der Waals surface area contributed by atoms with E-state index in [-0.39, 0.29) is 12.2 Å². The third-order valence-corrected chi connectivity index (χ3v) is 5.46. The van der Waals surface area contributed by atoms with Gasteiger partial charge in [0.2, 0.25) is 0 Å². The standard InChI is InChI=1S/C13H12F3NO2S2/c1-9-6-7-20-11(9)8-17-10-4-2-3-5-12(10)21(18,19)13(14,15)16/h2-7,17H,8H2,1H3. The maximum absolute atomic E-state index is 12.7. The lowest BCUT2D eigenvalue weighted by Gasteiger charge is -2.14. The molecule has 0 spiro atoms. The molecule has 114 valence electrons. The van der Waals surface area contributed by atoms with E-state index in [0.717, 1.165) is 16.5 Å². The molecule has 0 aliphatic carbocycles. The second kappa shape index (κ2) is 5.69.